The summed E-state index contributed by atoms with van der Waals surface area (Å²) in [5, 5.41) is 4.24. The van der Waals surface area contributed by atoms with E-state index in [1.165, 1.54) is 12.1 Å². The summed E-state index contributed by atoms with van der Waals surface area (Å²) < 4.78 is 24.0. The lowest BCUT2D eigenvalue weighted by Crippen LogP contribution is -2.37. The highest BCUT2D eigenvalue weighted by Crippen LogP contribution is 2.33. The Morgan fingerprint density at radius 1 is 1.17 bits per heavy atom. The Hall–Kier alpha value is -3.09. The number of rotatable bonds is 7. The van der Waals surface area contributed by atoms with Crippen LogP contribution < -0.4 is 9.47 Å². The maximum atomic E-state index is 13.2. The Kier molecular flexibility index (Phi) is 5.88. The van der Waals surface area contributed by atoms with Crippen molar-refractivity contribution in [2.45, 2.75) is 39.3 Å². The van der Waals surface area contributed by atoms with Crippen molar-refractivity contribution in [3.8, 4) is 11.5 Å². The van der Waals surface area contributed by atoms with Crippen LogP contribution >= 0.6 is 0 Å². The zero-order chi connectivity index (χ0) is 21.1. The molecule has 1 unspecified atom stereocenters. The molecular weight excluding hydrogens is 387 g/mol. The number of hydrogen-bond donors (Lipinski definition) is 0. The standard InChI is InChI=1S/C23H25FN2O4/c1-15(2)9-23(27)26(12-16-3-6-18(24)7-4-16)13-19-11-20(25-30-19)17-5-8-21-22(10-17)29-14-28-21/h3-8,10,15,19H,9,11-14H2,1-2H3. The summed E-state index contributed by atoms with van der Waals surface area (Å²) in [6.07, 6.45) is 0.806. The van der Waals surface area contributed by atoms with Crippen LogP contribution in [0.25, 0.3) is 0 Å². The van der Waals surface area contributed by atoms with Gasteiger partial charge in [-0.2, -0.15) is 0 Å². The lowest BCUT2D eigenvalue weighted by molar-refractivity contribution is -0.134. The molecule has 1 amide bonds. The molecule has 4 rings (SSSR count). The van der Waals surface area contributed by atoms with Gasteiger partial charge in [0.25, 0.3) is 0 Å². The normalized spacial score (nSPS) is 17.1. The predicted octanol–water partition coefficient (Wildman–Crippen LogP) is 4.12. The minimum absolute atomic E-state index is 0.0504. The second-order valence-corrected chi connectivity index (χ2v) is 8.04. The first-order chi connectivity index (χ1) is 14.5. The number of carbonyl (C=O) groups is 1. The molecule has 0 bridgehead atoms. The van der Waals surface area contributed by atoms with Crippen LogP contribution in [0, 0.1) is 11.7 Å². The number of amides is 1. The van der Waals surface area contributed by atoms with Crippen LogP contribution in [0.2, 0.25) is 0 Å². The minimum Gasteiger partial charge on any atom is -0.454 e. The Morgan fingerprint density at radius 2 is 1.93 bits per heavy atom. The zero-order valence-electron chi connectivity index (χ0n) is 17.1. The van der Waals surface area contributed by atoms with Crippen LogP contribution in [0.15, 0.2) is 47.6 Å². The highest BCUT2D eigenvalue weighted by Gasteiger charge is 2.28. The average molecular weight is 412 g/mol. The van der Waals surface area contributed by atoms with E-state index in [9.17, 15) is 9.18 Å². The fourth-order valence-electron chi connectivity index (χ4n) is 3.56. The molecule has 158 valence electrons. The molecule has 7 heteroatoms. The summed E-state index contributed by atoms with van der Waals surface area (Å²) in [6, 6.07) is 11.9. The summed E-state index contributed by atoms with van der Waals surface area (Å²) in [6.45, 7) is 5.08. The number of halogens is 1. The summed E-state index contributed by atoms with van der Waals surface area (Å²) >= 11 is 0. The Morgan fingerprint density at radius 3 is 2.70 bits per heavy atom. The number of oxime groups is 1. The van der Waals surface area contributed by atoms with Crippen LogP contribution in [0.1, 0.15) is 37.8 Å². The Labute approximate surface area is 175 Å². The van der Waals surface area contributed by atoms with E-state index in [1.807, 2.05) is 32.0 Å². The molecule has 2 heterocycles. The van der Waals surface area contributed by atoms with E-state index in [-0.39, 0.29) is 30.5 Å². The summed E-state index contributed by atoms with van der Waals surface area (Å²) in [5.41, 5.74) is 2.61. The van der Waals surface area contributed by atoms with Crippen molar-refractivity contribution in [2.24, 2.45) is 11.1 Å². The van der Waals surface area contributed by atoms with Gasteiger partial charge in [-0.1, -0.05) is 31.1 Å². The van der Waals surface area contributed by atoms with E-state index in [4.69, 9.17) is 14.3 Å². The molecule has 2 aromatic rings. The number of benzene rings is 2. The van der Waals surface area contributed by atoms with Crippen molar-refractivity contribution in [3.05, 3.63) is 59.4 Å². The lowest BCUT2D eigenvalue weighted by Gasteiger charge is -2.26. The maximum Gasteiger partial charge on any atom is 0.231 e. The molecule has 0 radical (unpaired) electrons. The van der Waals surface area contributed by atoms with Crippen molar-refractivity contribution < 1.29 is 23.5 Å². The monoisotopic (exact) mass is 412 g/mol. The largest absolute Gasteiger partial charge is 0.454 e. The van der Waals surface area contributed by atoms with Gasteiger partial charge in [-0.25, -0.2) is 4.39 Å². The number of ether oxygens (including phenoxy) is 2. The second kappa shape index (κ2) is 8.73. The molecule has 0 fully saturated rings. The van der Waals surface area contributed by atoms with Gasteiger partial charge < -0.3 is 19.2 Å². The van der Waals surface area contributed by atoms with Gasteiger partial charge in [0.2, 0.25) is 12.7 Å². The van der Waals surface area contributed by atoms with E-state index in [2.05, 4.69) is 5.16 Å². The van der Waals surface area contributed by atoms with Gasteiger partial charge >= 0.3 is 0 Å². The molecule has 30 heavy (non-hydrogen) atoms. The van der Waals surface area contributed by atoms with Crippen molar-refractivity contribution in [3.63, 3.8) is 0 Å². The second-order valence-electron chi connectivity index (χ2n) is 8.04. The topological polar surface area (TPSA) is 60.4 Å². The number of carbonyl (C=O) groups excluding carboxylic acids is 1. The van der Waals surface area contributed by atoms with Crippen LogP contribution in [-0.2, 0) is 16.2 Å². The van der Waals surface area contributed by atoms with E-state index < -0.39 is 0 Å². The summed E-state index contributed by atoms with van der Waals surface area (Å²) in [5.74, 6) is 1.43. The highest BCUT2D eigenvalue weighted by atomic mass is 19.1. The Balaban J connectivity index is 1.42. The van der Waals surface area contributed by atoms with Crippen molar-refractivity contribution in [2.75, 3.05) is 13.3 Å². The van der Waals surface area contributed by atoms with Crippen LogP contribution in [0.4, 0.5) is 4.39 Å². The van der Waals surface area contributed by atoms with Gasteiger partial charge in [0.15, 0.2) is 17.6 Å². The molecule has 0 aromatic heterocycles. The molecule has 1 atom stereocenters. The quantitative estimate of drug-likeness (QED) is 0.686. The highest BCUT2D eigenvalue weighted by molar-refractivity contribution is 6.01. The molecular formula is C23H25FN2O4. The van der Waals surface area contributed by atoms with Crippen LogP contribution in [0.3, 0.4) is 0 Å². The zero-order valence-corrected chi connectivity index (χ0v) is 17.1. The van der Waals surface area contributed by atoms with Gasteiger partial charge in [0.05, 0.1) is 12.3 Å². The third-order valence-corrected chi connectivity index (χ3v) is 5.09. The van der Waals surface area contributed by atoms with Gasteiger partial charge in [-0.05, 0) is 41.8 Å². The molecule has 0 saturated carbocycles. The number of hydrogen-bond acceptors (Lipinski definition) is 5. The molecule has 2 aliphatic rings. The molecule has 6 nitrogen and oxygen atoms in total. The first kappa shape index (κ1) is 20.2. The molecule has 2 aliphatic heterocycles. The van der Waals surface area contributed by atoms with Crippen molar-refractivity contribution in [1.29, 1.82) is 0 Å². The fourth-order valence-corrected chi connectivity index (χ4v) is 3.56. The average Bonchev–Trinajstić information content (AvgIpc) is 3.37. The van der Waals surface area contributed by atoms with Crippen molar-refractivity contribution >= 4 is 11.6 Å². The van der Waals surface area contributed by atoms with Gasteiger partial charge in [0.1, 0.15) is 5.82 Å². The van der Waals surface area contributed by atoms with E-state index >= 15 is 0 Å². The van der Waals surface area contributed by atoms with Gasteiger partial charge in [0, 0.05) is 24.9 Å². The SMILES string of the molecule is CC(C)CC(=O)N(Cc1ccc(F)cc1)CC1CC(c2ccc3c(c2)OCO3)=NO1. The summed E-state index contributed by atoms with van der Waals surface area (Å²) in [7, 11) is 0. The van der Waals surface area contributed by atoms with Gasteiger partial charge in [-0.15, -0.1) is 0 Å². The third-order valence-electron chi connectivity index (χ3n) is 5.09. The molecule has 0 N–H and O–H groups in total. The molecule has 0 aliphatic carbocycles. The van der Waals surface area contributed by atoms with E-state index in [0.29, 0.717) is 31.7 Å². The maximum absolute atomic E-state index is 13.2. The third kappa shape index (κ3) is 4.72. The van der Waals surface area contributed by atoms with E-state index in [0.717, 1.165) is 22.6 Å². The first-order valence-electron chi connectivity index (χ1n) is 10.1. The fraction of sp³-hybridized carbons (Fsp3) is 0.391. The van der Waals surface area contributed by atoms with Crippen molar-refractivity contribution in [1.82, 2.24) is 4.90 Å². The van der Waals surface area contributed by atoms with Gasteiger partial charge in [-0.3, -0.25) is 4.79 Å². The first-order valence-corrected chi connectivity index (χ1v) is 10.1. The molecule has 0 saturated heterocycles. The Bertz CT molecular complexity index is 943. The van der Waals surface area contributed by atoms with E-state index in [1.54, 1.807) is 17.0 Å². The van der Waals surface area contributed by atoms with Crippen LogP contribution in [0.5, 0.6) is 11.5 Å². The number of nitrogens with zero attached hydrogens (tertiary/aromatic N) is 2. The predicted molar refractivity (Wildman–Crippen MR) is 110 cm³/mol. The molecule has 0 spiro atoms. The van der Waals surface area contributed by atoms with Crippen LogP contribution in [-0.4, -0.2) is 36.0 Å². The number of fused-ring (bicyclic) bond motifs is 1. The lowest BCUT2D eigenvalue weighted by atomic mass is 10.0. The minimum atomic E-state index is -0.292. The summed E-state index contributed by atoms with van der Waals surface area (Å²) in [4.78, 5) is 20.2. The molecule has 2 aromatic carbocycles. The smallest absolute Gasteiger partial charge is 0.231 e.